The normalized spacial score (nSPS) is 18.1. The number of hydrogen-bond donors (Lipinski definition) is 1. The summed E-state index contributed by atoms with van der Waals surface area (Å²) in [5.74, 6) is 2.46. The van der Waals surface area contributed by atoms with Crippen LogP contribution in [-0.4, -0.2) is 36.6 Å². The highest BCUT2D eigenvalue weighted by Crippen LogP contribution is 2.21. The van der Waals surface area contributed by atoms with Crippen LogP contribution in [0, 0.1) is 0 Å². The summed E-state index contributed by atoms with van der Waals surface area (Å²) in [5, 5.41) is 3.29. The van der Waals surface area contributed by atoms with Gasteiger partial charge in [0.05, 0.1) is 17.6 Å². The van der Waals surface area contributed by atoms with Crippen LogP contribution in [-0.2, 0) is 0 Å². The van der Waals surface area contributed by atoms with Gasteiger partial charge in [-0.3, -0.25) is 4.98 Å². The minimum Gasteiger partial charge on any atom is -0.369 e. The van der Waals surface area contributed by atoms with Crippen LogP contribution in [0.5, 0.6) is 0 Å². The second-order valence-corrected chi connectivity index (χ2v) is 5.51. The maximum absolute atomic E-state index is 4.58. The molecule has 0 radical (unpaired) electrons. The molecule has 1 saturated heterocycles. The fourth-order valence-corrected chi connectivity index (χ4v) is 3.08. The van der Waals surface area contributed by atoms with Crippen LogP contribution in [0.4, 0.5) is 5.69 Å². The molecule has 17 heavy (non-hydrogen) atoms. The van der Waals surface area contributed by atoms with Crippen molar-refractivity contribution in [1.29, 1.82) is 0 Å². The number of aromatic nitrogens is 1. The van der Waals surface area contributed by atoms with Gasteiger partial charge in [-0.05, 0) is 25.6 Å². The van der Waals surface area contributed by atoms with Gasteiger partial charge in [0.2, 0.25) is 0 Å². The predicted molar refractivity (Wildman–Crippen MR) is 75.9 cm³/mol. The first-order valence-corrected chi connectivity index (χ1v) is 7.46. The van der Waals surface area contributed by atoms with Gasteiger partial charge in [-0.25, -0.2) is 0 Å². The van der Waals surface area contributed by atoms with E-state index in [1.54, 1.807) is 0 Å². The molecule has 0 spiro atoms. The third-order valence-electron chi connectivity index (χ3n) is 3.26. The lowest BCUT2D eigenvalue weighted by Crippen LogP contribution is -2.32. The van der Waals surface area contributed by atoms with Gasteiger partial charge in [0.1, 0.15) is 0 Å². The topological polar surface area (TPSA) is 28.2 Å². The Labute approximate surface area is 108 Å². The molecule has 2 rings (SSSR count). The second kappa shape index (κ2) is 6.26. The lowest BCUT2D eigenvalue weighted by molar-refractivity contribution is 0.561. The zero-order valence-electron chi connectivity index (χ0n) is 10.6. The van der Waals surface area contributed by atoms with Crippen molar-refractivity contribution in [3.05, 3.63) is 24.0 Å². The summed E-state index contributed by atoms with van der Waals surface area (Å²) >= 11 is 2.04. The molecule has 1 unspecified atom stereocenters. The Morgan fingerprint density at radius 1 is 1.41 bits per heavy atom. The minimum atomic E-state index is 0.376. The van der Waals surface area contributed by atoms with Crippen molar-refractivity contribution < 1.29 is 0 Å². The molecule has 3 nitrogen and oxygen atoms in total. The number of nitrogens with one attached hydrogen (secondary N) is 1. The number of pyridine rings is 1. The maximum Gasteiger partial charge on any atom is 0.0574 e. The average molecular weight is 251 g/mol. The number of nitrogens with zero attached hydrogens (tertiary/aromatic N) is 2. The number of rotatable bonds is 4. The summed E-state index contributed by atoms with van der Waals surface area (Å²) < 4.78 is 0. The van der Waals surface area contributed by atoms with Crippen molar-refractivity contribution >= 4 is 17.4 Å². The zero-order valence-corrected chi connectivity index (χ0v) is 11.5. The van der Waals surface area contributed by atoms with Crippen molar-refractivity contribution in [2.45, 2.75) is 19.4 Å². The summed E-state index contributed by atoms with van der Waals surface area (Å²) in [6, 6.07) is 4.74. The Morgan fingerprint density at radius 3 is 2.71 bits per heavy atom. The molecule has 4 heteroatoms. The van der Waals surface area contributed by atoms with E-state index in [-0.39, 0.29) is 0 Å². The summed E-state index contributed by atoms with van der Waals surface area (Å²) in [6.45, 7) is 4.47. The molecule has 0 aromatic carbocycles. The highest BCUT2D eigenvalue weighted by atomic mass is 32.2. The molecule has 1 aromatic rings. The van der Waals surface area contributed by atoms with E-state index in [9.17, 15) is 0 Å². The van der Waals surface area contributed by atoms with Crippen LogP contribution in [0.3, 0.4) is 0 Å². The number of hydrogen-bond acceptors (Lipinski definition) is 4. The third-order valence-corrected chi connectivity index (χ3v) is 4.20. The molecule has 0 bridgehead atoms. The van der Waals surface area contributed by atoms with Gasteiger partial charge < -0.3 is 10.2 Å². The third kappa shape index (κ3) is 3.13. The summed E-state index contributed by atoms with van der Waals surface area (Å²) in [5.41, 5.74) is 2.41. The first kappa shape index (κ1) is 12.7. The molecular weight excluding hydrogens is 230 g/mol. The van der Waals surface area contributed by atoms with Crippen molar-refractivity contribution in [3.8, 4) is 0 Å². The van der Waals surface area contributed by atoms with Crippen LogP contribution in [0.1, 0.15) is 25.1 Å². The Kier molecular flexibility index (Phi) is 4.68. The van der Waals surface area contributed by atoms with E-state index in [2.05, 4.69) is 34.3 Å². The van der Waals surface area contributed by atoms with E-state index in [0.29, 0.717) is 6.04 Å². The van der Waals surface area contributed by atoms with Crippen LogP contribution < -0.4 is 10.2 Å². The fraction of sp³-hybridized carbons (Fsp3) is 0.615. The maximum atomic E-state index is 4.58. The monoisotopic (exact) mass is 251 g/mol. The smallest absolute Gasteiger partial charge is 0.0574 e. The van der Waals surface area contributed by atoms with Crippen LogP contribution in [0.2, 0.25) is 0 Å². The predicted octanol–water partition coefficient (Wildman–Crippen LogP) is 2.31. The first-order chi connectivity index (χ1) is 8.35. The second-order valence-electron chi connectivity index (χ2n) is 4.29. The van der Waals surface area contributed by atoms with E-state index in [1.165, 1.54) is 17.2 Å². The van der Waals surface area contributed by atoms with Crippen molar-refractivity contribution in [2.75, 3.05) is 36.5 Å². The van der Waals surface area contributed by atoms with Gasteiger partial charge in [0.15, 0.2) is 0 Å². The van der Waals surface area contributed by atoms with E-state index in [4.69, 9.17) is 0 Å². The highest BCUT2D eigenvalue weighted by molar-refractivity contribution is 7.99. The molecule has 1 fully saturated rings. The molecule has 1 N–H and O–H groups in total. The lowest BCUT2D eigenvalue weighted by Gasteiger charge is -2.28. The Bertz CT molecular complexity index is 329. The van der Waals surface area contributed by atoms with Crippen molar-refractivity contribution in [3.63, 3.8) is 0 Å². The van der Waals surface area contributed by atoms with Crippen molar-refractivity contribution in [2.24, 2.45) is 0 Å². The van der Waals surface area contributed by atoms with Gasteiger partial charge in [-0.1, -0.05) is 6.92 Å². The lowest BCUT2D eigenvalue weighted by atomic mass is 10.1. The summed E-state index contributed by atoms with van der Waals surface area (Å²) in [7, 11) is 1.99. The van der Waals surface area contributed by atoms with Crippen LogP contribution >= 0.6 is 11.8 Å². The minimum absolute atomic E-state index is 0.376. The van der Waals surface area contributed by atoms with Gasteiger partial charge in [-0.2, -0.15) is 11.8 Å². The summed E-state index contributed by atoms with van der Waals surface area (Å²) in [4.78, 5) is 7.01. The molecule has 0 amide bonds. The molecular formula is C13H21N3S. The van der Waals surface area contributed by atoms with E-state index < -0.39 is 0 Å². The van der Waals surface area contributed by atoms with Crippen molar-refractivity contribution in [1.82, 2.24) is 10.3 Å². The molecule has 1 atom stereocenters. The van der Waals surface area contributed by atoms with Gasteiger partial charge in [0.25, 0.3) is 0 Å². The SMILES string of the molecule is CCC(NC)c1ccc(N2CCSCC2)cn1. The molecule has 0 saturated carbocycles. The molecule has 0 aliphatic carbocycles. The molecule has 1 aromatic heterocycles. The van der Waals surface area contributed by atoms with E-state index >= 15 is 0 Å². The fourth-order valence-electron chi connectivity index (χ4n) is 2.17. The summed E-state index contributed by atoms with van der Waals surface area (Å²) in [6.07, 6.45) is 3.09. The molecule has 1 aliphatic heterocycles. The Morgan fingerprint density at radius 2 is 2.18 bits per heavy atom. The highest BCUT2D eigenvalue weighted by Gasteiger charge is 2.13. The number of anilines is 1. The Balaban J connectivity index is 2.06. The quantitative estimate of drug-likeness (QED) is 0.889. The number of thioether (sulfide) groups is 1. The molecule has 2 heterocycles. The Hall–Kier alpha value is -0.740. The van der Waals surface area contributed by atoms with Gasteiger partial charge in [0, 0.05) is 30.6 Å². The zero-order chi connectivity index (χ0) is 12.1. The first-order valence-electron chi connectivity index (χ1n) is 6.31. The molecule has 1 aliphatic rings. The standard InChI is InChI=1S/C13H21N3S/c1-3-12(14-2)13-5-4-11(10-15-13)16-6-8-17-9-7-16/h4-5,10,12,14H,3,6-9H2,1-2H3. The van der Waals surface area contributed by atoms with Crippen LogP contribution in [0.25, 0.3) is 0 Å². The van der Waals surface area contributed by atoms with Gasteiger partial charge in [-0.15, -0.1) is 0 Å². The van der Waals surface area contributed by atoms with E-state index in [0.717, 1.165) is 25.2 Å². The van der Waals surface area contributed by atoms with E-state index in [1.807, 2.05) is 25.0 Å². The largest absolute Gasteiger partial charge is 0.369 e. The molecule has 94 valence electrons. The average Bonchev–Trinajstić information content (AvgIpc) is 2.42. The van der Waals surface area contributed by atoms with Gasteiger partial charge >= 0.3 is 0 Å². The van der Waals surface area contributed by atoms with Crippen LogP contribution in [0.15, 0.2) is 18.3 Å².